The Balaban J connectivity index is 1.59. The Kier molecular flexibility index (Phi) is 4.68. The third kappa shape index (κ3) is 3.26. The van der Waals surface area contributed by atoms with Crippen LogP contribution in [0.5, 0.6) is 0 Å². The van der Waals surface area contributed by atoms with Crippen LogP contribution in [0.3, 0.4) is 0 Å². The Morgan fingerprint density at radius 1 is 1.00 bits per heavy atom. The lowest BCUT2D eigenvalue weighted by Crippen LogP contribution is -2.49. The van der Waals surface area contributed by atoms with Crippen molar-refractivity contribution in [2.45, 2.75) is 32.5 Å². The zero-order chi connectivity index (χ0) is 16.4. The molecule has 0 radical (unpaired) electrons. The van der Waals surface area contributed by atoms with Crippen LogP contribution in [-0.4, -0.2) is 24.5 Å². The van der Waals surface area contributed by atoms with Crippen molar-refractivity contribution in [2.24, 2.45) is 11.8 Å². The fourth-order valence-corrected chi connectivity index (χ4v) is 4.46. The summed E-state index contributed by atoms with van der Waals surface area (Å²) in [5.41, 5.74) is 4.00. The van der Waals surface area contributed by atoms with Gasteiger partial charge in [0.05, 0.1) is 12.7 Å². The molecule has 5 rings (SSSR count). The number of fused-ring (bicyclic) bond motifs is 3. The Labute approximate surface area is 145 Å². The van der Waals surface area contributed by atoms with E-state index in [9.17, 15) is 0 Å². The van der Waals surface area contributed by atoms with E-state index in [1.807, 2.05) is 0 Å². The van der Waals surface area contributed by atoms with Gasteiger partial charge in [-0.3, -0.25) is 0 Å². The average molecular weight is 321 g/mol. The first kappa shape index (κ1) is 15.9. The summed E-state index contributed by atoms with van der Waals surface area (Å²) < 4.78 is 6.56. The Bertz CT molecular complexity index is 661. The minimum atomic E-state index is 0.208. The highest BCUT2D eigenvalue weighted by Crippen LogP contribution is 2.42. The van der Waals surface area contributed by atoms with Gasteiger partial charge in [0, 0.05) is 12.5 Å². The number of hydrogen-bond acceptors (Lipinski definition) is 2. The van der Waals surface area contributed by atoms with Crippen LogP contribution in [0.15, 0.2) is 54.6 Å². The summed E-state index contributed by atoms with van der Waals surface area (Å²) in [7, 11) is 0. The second-order valence-electron chi connectivity index (χ2n) is 7.38. The summed E-state index contributed by atoms with van der Waals surface area (Å²) >= 11 is 0. The van der Waals surface area contributed by atoms with Crippen LogP contribution >= 0.6 is 0 Å². The van der Waals surface area contributed by atoms with Gasteiger partial charge in [0.15, 0.2) is 0 Å². The molecule has 24 heavy (non-hydrogen) atoms. The molecule has 2 bridgehead atoms. The molecule has 0 spiro atoms. The van der Waals surface area contributed by atoms with Crippen molar-refractivity contribution in [2.75, 3.05) is 19.6 Å². The van der Waals surface area contributed by atoms with E-state index in [-0.39, 0.29) is 6.10 Å². The molecule has 0 aromatic heterocycles. The maximum atomic E-state index is 6.56. The highest BCUT2D eigenvalue weighted by molar-refractivity contribution is 5.29. The second kappa shape index (κ2) is 7.08. The Morgan fingerprint density at radius 2 is 1.71 bits per heavy atom. The number of benzene rings is 2. The van der Waals surface area contributed by atoms with Crippen molar-refractivity contribution in [1.29, 1.82) is 0 Å². The minimum absolute atomic E-state index is 0.208. The van der Waals surface area contributed by atoms with Crippen molar-refractivity contribution in [3.8, 4) is 0 Å². The van der Waals surface area contributed by atoms with Gasteiger partial charge >= 0.3 is 0 Å². The smallest absolute Gasteiger partial charge is 0.0875 e. The molecule has 0 saturated carbocycles. The molecule has 3 heterocycles. The Hall–Kier alpha value is -1.64. The van der Waals surface area contributed by atoms with Crippen LogP contribution in [-0.2, 0) is 11.3 Å². The maximum absolute atomic E-state index is 6.56. The fourth-order valence-electron chi connectivity index (χ4n) is 4.46. The summed E-state index contributed by atoms with van der Waals surface area (Å²) in [4.78, 5) is 2.63. The quantitative estimate of drug-likeness (QED) is 0.798. The molecule has 3 fully saturated rings. The van der Waals surface area contributed by atoms with E-state index < -0.39 is 0 Å². The van der Waals surface area contributed by atoms with Crippen LogP contribution in [0.25, 0.3) is 0 Å². The molecule has 2 atom stereocenters. The molecule has 0 aliphatic carbocycles. The normalized spacial score (nSPS) is 27.1. The Morgan fingerprint density at radius 3 is 2.38 bits per heavy atom. The maximum Gasteiger partial charge on any atom is 0.0875 e. The summed E-state index contributed by atoms with van der Waals surface area (Å²) in [6.45, 7) is 6.66. The first-order valence-corrected chi connectivity index (χ1v) is 9.24. The van der Waals surface area contributed by atoms with E-state index >= 15 is 0 Å². The third-order valence-corrected chi connectivity index (χ3v) is 5.86. The van der Waals surface area contributed by atoms with Crippen LogP contribution < -0.4 is 0 Å². The number of rotatable bonds is 5. The molecular weight excluding hydrogens is 294 g/mol. The predicted octanol–water partition coefficient (Wildman–Crippen LogP) is 4.59. The van der Waals surface area contributed by atoms with Gasteiger partial charge in [0.2, 0.25) is 0 Å². The molecule has 0 N–H and O–H groups in total. The molecule has 2 unspecified atom stereocenters. The number of hydrogen-bond donors (Lipinski definition) is 0. The molecule has 2 aromatic carbocycles. The van der Waals surface area contributed by atoms with Gasteiger partial charge in [-0.25, -0.2) is 0 Å². The summed E-state index contributed by atoms with van der Waals surface area (Å²) in [6, 6.07) is 19.3. The monoisotopic (exact) mass is 321 g/mol. The lowest BCUT2D eigenvalue weighted by Gasteiger charge is -2.47. The number of piperidine rings is 3. The molecule has 126 valence electrons. The zero-order valence-corrected chi connectivity index (χ0v) is 14.5. The summed E-state index contributed by atoms with van der Waals surface area (Å²) in [5.74, 6) is 1.44. The predicted molar refractivity (Wildman–Crippen MR) is 97.8 cm³/mol. The number of ether oxygens (including phenoxy) is 1. The largest absolute Gasteiger partial charge is 0.368 e. The molecule has 2 heteroatoms. The van der Waals surface area contributed by atoms with Gasteiger partial charge in [-0.2, -0.15) is 0 Å². The molecule has 3 saturated heterocycles. The van der Waals surface area contributed by atoms with Crippen LogP contribution in [0, 0.1) is 18.8 Å². The van der Waals surface area contributed by atoms with Crippen molar-refractivity contribution < 1.29 is 4.74 Å². The summed E-state index contributed by atoms with van der Waals surface area (Å²) in [5, 5.41) is 0. The van der Waals surface area contributed by atoms with Crippen molar-refractivity contribution in [3.63, 3.8) is 0 Å². The average Bonchev–Trinajstić information content (AvgIpc) is 2.65. The van der Waals surface area contributed by atoms with Gasteiger partial charge < -0.3 is 9.64 Å². The van der Waals surface area contributed by atoms with Gasteiger partial charge in [-0.05, 0) is 55.5 Å². The van der Waals surface area contributed by atoms with Crippen molar-refractivity contribution in [1.82, 2.24) is 4.90 Å². The van der Waals surface area contributed by atoms with Crippen molar-refractivity contribution in [3.05, 3.63) is 71.3 Å². The van der Waals surface area contributed by atoms with Crippen LogP contribution in [0.4, 0.5) is 0 Å². The molecule has 0 amide bonds. The topological polar surface area (TPSA) is 12.5 Å². The van der Waals surface area contributed by atoms with E-state index in [0.29, 0.717) is 12.5 Å². The van der Waals surface area contributed by atoms with Gasteiger partial charge in [-0.1, -0.05) is 54.6 Å². The fraction of sp³-hybridized carbons (Fsp3) is 0.455. The number of nitrogens with zero attached hydrogens (tertiary/aromatic N) is 1. The first-order chi connectivity index (χ1) is 11.8. The lowest BCUT2D eigenvalue weighted by molar-refractivity contribution is -0.0709. The van der Waals surface area contributed by atoms with Gasteiger partial charge in [0.25, 0.3) is 0 Å². The molecule has 2 nitrogen and oxygen atoms in total. The van der Waals surface area contributed by atoms with Crippen LogP contribution in [0.2, 0.25) is 0 Å². The van der Waals surface area contributed by atoms with E-state index in [0.717, 1.165) is 5.92 Å². The molecular formula is C22H27NO. The third-order valence-electron chi connectivity index (χ3n) is 5.86. The highest BCUT2D eigenvalue weighted by Gasteiger charge is 2.40. The molecule has 2 aromatic rings. The van der Waals surface area contributed by atoms with Gasteiger partial charge in [0.1, 0.15) is 0 Å². The van der Waals surface area contributed by atoms with Crippen molar-refractivity contribution >= 4 is 0 Å². The number of aryl methyl sites for hydroxylation is 1. The summed E-state index contributed by atoms with van der Waals surface area (Å²) in [6.07, 6.45) is 2.88. The standard InChI is InChI=1S/C22H27NO/c1-17-7-5-6-10-20(17)22(24-16-18-8-3-2-4-9-18)21-15-23-13-11-19(21)12-14-23/h2-10,19,21-22H,11-16H2,1H3. The highest BCUT2D eigenvalue weighted by atomic mass is 16.5. The lowest BCUT2D eigenvalue weighted by atomic mass is 9.74. The SMILES string of the molecule is Cc1ccccc1C(OCc1ccccc1)C1CN2CCC1CC2. The van der Waals surface area contributed by atoms with E-state index in [1.165, 1.54) is 49.2 Å². The van der Waals surface area contributed by atoms with E-state index in [1.54, 1.807) is 0 Å². The molecule has 3 aliphatic heterocycles. The second-order valence-corrected chi connectivity index (χ2v) is 7.38. The van der Waals surface area contributed by atoms with E-state index in [2.05, 4.69) is 66.4 Å². The first-order valence-electron chi connectivity index (χ1n) is 9.24. The van der Waals surface area contributed by atoms with Crippen LogP contribution in [0.1, 0.15) is 35.6 Å². The van der Waals surface area contributed by atoms with E-state index in [4.69, 9.17) is 4.74 Å². The van der Waals surface area contributed by atoms with Gasteiger partial charge in [-0.15, -0.1) is 0 Å². The minimum Gasteiger partial charge on any atom is -0.368 e. The molecule has 3 aliphatic rings. The zero-order valence-electron chi connectivity index (χ0n) is 14.5.